The van der Waals surface area contributed by atoms with Crippen LogP contribution in [0.25, 0.3) is 0 Å². The molecule has 1 aromatic heterocycles. The monoisotopic (exact) mass is 399 g/mol. The molecule has 2 heterocycles. The zero-order valence-corrected chi connectivity index (χ0v) is 15.8. The third-order valence-electron chi connectivity index (χ3n) is 3.84. The van der Waals surface area contributed by atoms with Gasteiger partial charge in [0.25, 0.3) is 0 Å². The SMILES string of the molecule is COC(=O)c1cn(C2C(OC(C)=O)CO[C@@H](COC(C)=O)[C@@H]2OC(C)=O)nn1. The lowest BCUT2D eigenvalue weighted by Crippen LogP contribution is -2.54. The smallest absolute Gasteiger partial charge is 0.360 e. The summed E-state index contributed by atoms with van der Waals surface area (Å²) in [5.41, 5.74) is -0.0892. The fraction of sp³-hybridized carbons (Fsp3) is 0.625. The van der Waals surface area contributed by atoms with Crippen molar-refractivity contribution in [1.29, 1.82) is 0 Å². The second kappa shape index (κ2) is 9.26. The molecular weight excluding hydrogens is 378 g/mol. The van der Waals surface area contributed by atoms with Gasteiger partial charge in [-0.2, -0.15) is 0 Å². The van der Waals surface area contributed by atoms with Crippen LogP contribution in [0.5, 0.6) is 0 Å². The number of aromatic nitrogens is 3. The van der Waals surface area contributed by atoms with Crippen LogP contribution < -0.4 is 0 Å². The van der Waals surface area contributed by atoms with E-state index in [0.29, 0.717) is 0 Å². The van der Waals surface area contributed by atoms with Crippen molar-refractivity contribution >= 4 is 23.9 Å². The normalized spacial score (nSPS) is 24.1. The van der Waals surface area contributed by atoms with E-state index in [1.165, 1.54) is 38.8 Å². The van der Waals surface area contributed by atoms with Crippen molar-refractivity contribution in [3.63, 3.8) is 0 Å². The maximum absolute atomic E-state index is 11.7. The Balaban J connectivity index is 2.40. The van der Waals surface area contributed by atoms with Crippen molar-refractivity contribution in [1.82, 2.24) is 15.0 Å². The van der Waals surface area contributed by atoms with Crippen molar-refractivity contribution < 1.29 is 42.9 Å². The topological polar surface area (TPSA) is 145 Å². The molecule has 2 unspecified atom stereocenters. The van der Waals surface area contributed by atoms with Crippen LogP contribution in [0.15, 0.2) is 6.20 Å². The molecule has 12 nitrogen and oxygen atoms in total. The van der Waals surface area contributed by atoms with Gasteiger partial charge in [0.15, 0.2) is 17.9 Å². The van der Waals surface area contributed by atoms with Gasteiger partial charge in [-0.1, -0.05) is 5.21 Å². The van der Waals surface area contributed by atoms with Crippen LogP contribution in [0, 0.1) is 0 Å². The van der Waals surface area contributed by atoms with Crippen LogP contribution in [0.3, 0.4) is 0 Å². The molecule has 154 valence electrons. The summed E-state index contributed by atoms with van der Waals surface area (Å²) in [5.74, 6) is -2.49. The Kier molecular flexibility index (Phi) is 7.04. The number of nitrogens with zero attached hydrogens (tertiary/aromatic N) is 3. The van der Waals surface area contributed by atoms with Crippen LogP contribution in [0.2, 0.25) is 0 Å². The zero-order chi connectivity index (χ0) is 20.8. The number of esters is 4. The van der Waals surface area contributed by atoms with Crippen molar-refractivity contribution in [2.75, 3.05) is 20.3 Å². The summed E-state index contributed by atoms with van der Waals surface area (Å²) >= 11 is 0. The van der Waals surface area contributed by atoms with Gasteiger partial charge >= 0.3 is 23.9 Å². The highest BCUT2D eigenvalue weighted by Gasteiger charge is 2.47. The first-order valence-corrected chi connectivity index (χ1v) is 8.32. The standard InChI is InChI=1S/C16H21N3O9/c1-8(20)25-7-13-15(28-10(3)22)14(12(6-26-13)27-9(2)21)19-5-11(17-18-19)16(23)24-4/h5,12-15H,6-7H2,1-4H3/t12?,13-,14?,15-/m0/s1. The second-order valence-electron chi connectivity index (χ2n) is 5.96. The number of ether oxygens (including phenoxy) is 5. The predicted molar refractivity (Wildman–Crippen MR) is 87.9 cm³/mol. The lowest BCUT2D eigenvalue weighted by molar-refractivity contribution is -0.205. The van der Waals surface area contributed by atoms with Crippen molar-refractivity contribution in [3.05, 3.63) is 11.9 Å². The molecule has 0 N–H and O–H groups in total. The quantitative estimate of drug-likeness (QED) is 0.448. The molecule has 1 aliphatic rings. The number of carbonyl (C=O) groups excluding carboxylic acids is 4. The average Bonchev–Trinajstić information content (AvgIpc) is 3.09. The van der Waals surface area contributed by atoms with Gasteiger partial charge in [0.2, 0.25) is 0 Å². The Morgan fingerprint density at radius 2 is 1.82 bits per heavy atom. The van der Waals surface area contributed by atoms with Crippen molar-refractivity contribution in [2.24, 2.45) is 0 Å². The third-order valence-corrected chi connectivity index (χ3v) is 3.84. The molecule has 2 rings (SSSR count). The number of carbonyl (C=O) groups is 4. The largest absolute Gasteiger partial charge is 0.464 e. The van der Waals surface area contributed by atoms with Gasteiger partial charge in [0, 0.05) is 20.8 Å². The van der Waals surface area contributed by atoms with E-state index >= 15 is 0 Å². The Labute approximate surface area is 160 Å². The molecule has 1 fully saturated rings. The van der Waals surface area contributed by atoms with Crippen LogP contribution in [0.4, 0.5) is 0 Å². The zero-order valence-electron chi connectivity index (χ0n) is 15.8. The minimum Gasteiger partial charge on any atom is -0.464 e. The van der Waals surface area contributed by atoms with Gasteiger partial charge in [0.05, 0.1) is 19.9 Å². The first-order chi connectivity index (χ1) is 13.2. The second-order valence-corrected chi connectivity index (χ2v) is 5.96. The van der Waals surface area contributed by atoms with E-state index in [4.69, 9.17) is 18.9 Å². The van der Waals surface area contributed by atoms with E-state index < -0.39 is 48.2 Å². The van der Waals surface area contributed by atoms with E-state index in [1.807, 2.05) is 0 Å². The summed E-state index contributed by atoms with van der Waals surface area (Å²) in [6.45, 7) is 3.35. The van der Waals surface area contributed by atoms with E-state index in [1.54, 1.807) is 0 Å². The summed E-state index contributed by atoms with van der Waals surface area (Å²) in [4.78, 5) is 46.0. The lowest BCUT2D eigenvalue weighted by atomic mass is 9.97. The molecule has 0 aliphatic carbocycles. The average molecular weight is 399 g/mol. The third kappa shape index (κ3) is 5.25. The first-order valence-electron chi connectivity index (χ1n) is 8.32. The highest BCUT2D eigenvalue weighted by Crippen LogP contribution is 2.31. The van der Waals surface area contributed by atoms with Crippen molar-refractivity contribution in [2.45, 2.75) is 45.1 Å². The van der Waals surface area contributed by atoms with Gasteiger partial charge in [-0.05, 0) is 0 Å². The van der Waals surface area contributed by atoms with E-state index in [-0.39, 0.29) is 18.9 Å². The number of rotatable bonds is 6. The van der Waals surface area contributed by atoms with Gasteiger partial charge < -0.3 is 23.7 Å². The highest BCUT2D eigenvalue weighted by molar-refractivity contribution is 5.86. The lowest BCUT2D eigenvalue weighted by Gasteiger charge is -2.40. The number of methoxy groups -OCH3 is 1. The van der Waals surface area contributed by atoms with Gasteiger partial charge in [-0.15, -0.1) is 5.10 Å². The molecule has 0 amide bonds. The summed E-state index contributed by atoms with van der Waals surface area (Å²) in [6.07, 6.45) is -1.52. The Morgan fingerprint density at radius 1 is 1.14 bits per heavy atom. The molecule has 1 saturated heterocycles. The summed E-state index contributed by atoms with van der Waals surface area (Å²) in [6, 6.07) is -0.881. The maximum atomic E-state index is 11.7. The summed E-state index contributed by atoms with van der Waals surface area (Å²) in [7, 11) is 1.19. The minimum absolute atomic E-state index is 0.0820. The summed E-state index contributed by atoms with van der Waals surface area (Å²) < 4.78 is 27.0. The molecule has 4 atom stereocenters. The number of hydrogen-bond donors (Lipinski definition) is 0. The van der Waals surface area contributed by atoms with Gasteiger partial charge in [-0.3, -0.25) is 14.4 Å². The highest BCUT2D eigenvalue weighted by atomic mass is 16.6. The van der Waals surface area contributed by atoms with E-state index in [9.17, 15) is 19.2 Å². The molecule has 0 aromatic carbocycles. The fourth-order valence-electron chi connectivity index (χ4n) is 2.78. The maximum Gasteiger partial charge on any atom is 0.360 e. The Morgan fingerprint density at radius 3 is 2.39 bits per heavy atom. The van der Waals surface area contributed by atoms with E-state index in [2.05, 4.69) is 15.0 Å². The molecule has 12 heteroatoms. The van der Waals surface area contributed by atoms with E-state index in [0.717, 1.165) is 0 Å². The first kappa shape index (κ1) is 21.3. The Hall–Kier alpha value is -3.02. The molecule has 0 saturated carbocycles. The Bertz CT molecular complexity index is 747. The fourth-order valence-corrected chi connectivity index (χ4v) is 2.78. The summed E-state index contributed by atoms with van der Waals surface area (Å²) in [5, 5.41) is 7.59. The minimum atomic E-state index is -1.04. The van der Waals surface area contributed by atoms with Crippen LogP contribution in [0.1, 0.15) is 37.3 Å². The van der Waals surface area contributed by atoms with Gasteiger partial charge in [0.1, 0.15) is 18.8 Å². The molecule has 0 spiro atoms. The number of hydrogen-bond acceptors (Lipinski definition) is 11. The van der Waals surface area contributed by atoms with Gasteiger partial charge in [-0.25, -0.2) is 9.48 Å². The molecule has 0 radical (unpaired) electrons. The molecule has 1 aliphatic heterocycles. The predicted octanol–water partition coefficient (Wildman–Crippen LogP) is -0.569. The van der Waals surface area contributed by atoms with Crippen LogP contribution in [-0.4, -0.2) is 77.5 Å². The van der Waals surface area contributed by atoms with Crippen molar-refractivity contribution in [3.8, 4) is 0 Å². The molecular formula is C16H21N3O9. The molecule has 1 aromatic rings. The van der Waals surface area contributed by atoms with Crippen LogP contribution >= 0.6 is 0 Å². The molecule has 0 bridgehead atoms. The molecule has 28 heavy (non-hydrogen) atoms. The van der Waals surface area contributed by atoms with Crippen LogP contribution in [-0.2, 0) is 38.1 Å².